The Morgan fingerprint density at radius 3 is 1.35 bits per heavy atom. The maximum absolute atomic E-state index is 12.7. The molecule has 0 bridgehead atoms. The summed E-state index contributed by atoms with van der Waals surface area (Å²) in [6.45, 7) is -0.435. The first-order valence-corrected chi connectivity index (χ1v) is 17.0. The van der Waals surface area contributed by atoms with E-state index in [0.29, 0.717) is 35.4 Å². The number of aliphatic carboxylic acids is 1. The van der Waals surface area contributed by atoms with Gasteiger partial charge in [-0.25, -0.2) is 0 Å². The second-order valence-electron chi connectivity index (χ2n) is 12.5. The van der Waals surface area contributed by atoms with Crippen LogP contribution in [0.4, 0.5) is 26.3 Å². The fraction of sp³-hybridized carbons (Fsp3) is 0.263. The summed E-state index contributed by atoms with van der Waals surface area (Å²) in [5, 5.41) is 35.3. The first-order chi connectivity index (χ1) is 27.0. The number of hydrogen-bond acceptors (Lipinski definition) is 9. The molecule has 6 rings (SSSR count). The molecular formula is C38H38F6N10O3. The van der Waals surface area contributed by atoms with E-state index in [2.05, 4.69) is 36.1 Å². The summed E-state index contributed by atoms with van der Waals surface area (Å²) in [7, 11) is 7.03. The summed E-state index contributed by atoms with van der Waals surface area (Å²) in [4.78, 5) is 26.1. The minimum absolute atomic E-state index is 0.0267. The molecule has 0 unspecified atom stereocenters. The normalized spacial score (nSPS) is 11.2. The van der Waals surface area contributed by atoms with Crippen molar-refractivity contribution in [1.29, 1.82) is 0 Å². The fourth-order valence-corrected chi connectivity index (χ4v) is 5.07. The van der Waals surface area contributed by atoms with Crippen LogP contribution in [0.5, 0.6) is 0 Å². The number of carboxylic acid groups (broad SMARTS) is 1. The highest BCUT2D eigenvalue weighted by atomic mass is 19.4. The van der Waals surface area contributed by atoms with Gasteiger partial charge in [-0.05, 0) is 83.9 Å². The Bertz CT molecular complexity index is 2220. The van der Waals surface area contributed by atoms with Crippen LogP contribution < -0.4 is 5.32 Å². The monoisotopic (exact) mass is 796 g/mol. The van der Waals surface area contributed by atoms with E-state index in [1.807, 2.05) is 44.4 Å². The zero-order valence-electron chi connectivity index (χ0n) is 31.1. The summed E-state index contributed by atoms with van der Waals surface area (Å²) in [6, 6.07) is 24.4. The topological polar surface area (TPSA) is 157 Å². The minimum atomic E-state index is -4.37. The summed E-state index contributed by atoms with van der Waals surface area (Å²) in [5.41, 5.74) is 3.05. The predicted molar refractivity (Wildman–Crippen MR) is 196 cm³/mol. The largest absolute Gasteiger partial charge is 0.480 e. The molecule has 13 nitrogen and oxygen atoms in total. The third-order valence-corrected chi connectivity index (χ3v) is 7.83. The lowest BCUT2D eigenvalue weighted by atomic mass is 9.98. The molecule has 0 saturated carbocycles. The van der Waals surface area contributed by atoms with Crippen LogP contribution in [0, 0.1) is 0 Å². The van der Waals surface area contributed by atoms with E-state index in [1.54, 1.807) is 32.3 Å². The van der Waals surface area contributed by atoms with Gasteiger partial charge in [0.25, 0.3) is 0 Å². The molecule has 0 atom stereocenters. The standard InChI is InChI=1S/C19H18F3N5O.C17H13F3N4O2.C2H7N/c1-26(2)17(28)12-27-24-18(23-25-27)16-6-4-3-5-14(16)11-13-7-9-15(10-8-13)19(20,21)22;18-17(19,20)13-7-5-11(6-8-13)9-12-3-1-2-4-14(12)16-21-23-24(22-16)10-15(25)26;1-3-2/h3-10H,11-12H2,1-2H3;1-8H,9-10H2,(H,25,26);3H,1-2H3. The number of carbonyl (C=O) groups is 2. The van der Waals surface area contributed by atoms with E-state index < -0.39 is 36.0 Å². The molecule has 2 heterocycles. The fourth-order valence-electron chi connectivity index (χ4n) is 5.07. The van der Waals surface area contributed by atoms with Gasteiger partial charge in [-0.15, -0.1) is 20.4 Å². The van der Waals surface area contributed by atoms with E-state index in [9.17, 15) is 35.9 Å². The Balaban J connectivity index is 0.000000237. The Morgan fingerprint density at radius 2 is 1.00 bits per heavy atom. The Hall–Kier alpha value is -6.50. The first-order valence-electron chi connectivity index (χ1n) is 17.0. The van der Waals surface area contributed by atoms with Crippen molar-refractivity contribution in [1.82, 2.24) is 50.6 Å². The average molecular weight is 797 g/mol. The number of nitrogens with one attached hydrogen (secondary N) is 1. The number of aromatic nitrogens is 8. The average Bonchev–Trinajstić information content (AvgIpc) is 3.82. The minimum Gasteiger partial charge on any atom is -0.480 e. The quantitative estimate of drug-likeness (QED) is 0.160. The molecular weight excluding hydrogens is 758 g/mol. The number of rotatable bonds is 10. The van der Waals surface area contributed by atoms with Crippen molar-refractivity contribution >= 4 is 11.9 Å². The van der Waals surface area contributed by atoms with E-state index in [-0.39, 0.29) is 18.3 Å². The van der Waals surface area contributed by atoms with Crippen LogP contribution in [0.3, 0.4) is 0 Å². The molecule has 0 spiro atoms. The number of tetrazole rings is 2. The highest BCUT2D eigenvalue weighted by Crippen LogP contribution is 2.31. The van der Waals surface area contributed by atoms with Gasteiger partial charge in [-0.1, -0.05) is 72.8 Å². The highest BCUT2D eigenvalue weighted by molar-refractivity contribution is 5.75. The number of carboxylic acids is 1. The molecule has 2 aromatic heterocycles. The molecule has 6 aromatic rings. The molecule has 19 heteroatoms. The molecule has 0 radical (unpaired) electrons. The number of carbonyl (C=O) groups excluding carboxylic acids is 1. The number of hydrogen-bond donors (Lipinski definition) is 2. The SMILES string of the molecule is CN(C)C(=O)Cn1nnc(-c2ccccc2Cc2ccc(C(F)(F)F)cc2)n1.CNC.O=C(O)Cn1nnc(-c2ccccc2Cc2ccc(C(F)(F)F)cc2)n1. The molecule has 1 amide bonds. The van der Waals surface area contributed by atoms with Crippen LogP contribution in [-0.4, -0.2) is 90.5 Å². The Labute approximate surface area is 322 Å². The molecule has 4 aromatic carbocycles. The highest BCUT2D eigenvalue weighted by Gasteiger charge is 2.31. The van der Waals surface area contributed by atoms with E-state index in [1.165, 1.54) is 34.0 Å². The number of nitrogens with zero attached hydrogens (tertiary/aromatic N) is 9. The Morgan fingerprint density at radius 1 is 0.632 bits per heavy atom. The van der Waals surface area contributed by atoms with E-state index in [0.717, 1.165) is 45.8 Å². The molecule has 0 aliphatic rings. The van der Waals surface area contributed by atoms with E-state index >= 15 is 0 Å². The number of alkyl halides is 6. The van der Waals surface area contributed by atoms with Gasteiger partial charge in [0, 0.05) is 25.2 Å². The van der Waals surface area contributed by atoms with Crippen molar-refractivity contribution in [2.24, 2.45) is 0 Å². The summed E-state index contributed by atoms with van der Waals surface area (Å²) in [5.74, 6) is -0.642. The van der Waals surface area contributed by atoms with Gasteiger partial charge in [-0.3, -0.25) is 9.59 Å². The van der Waals surface area contributed by atoms with Gasteiger partial charge in [0.1, 0.15) is 6.54 Å². The number of benzene rings is 4. The van der Waals surface area contributed by atoms with Gasteiger partial charge in [0.05, 0.1) is 11.1 Å². The second-order valence-corrected chi connectivity index (χ2v) is 12.5. The third kappa shape index (κ3) is 12.8. The van der Waals surface area contributed by atoms with Crippen molar-refractivity contribution < 1.29 is 41.0 Å². The lowest BCUT2D eigenvalue weighted by Crippen LogP contribution is -2.27. The third-order valence-electron chi connectivity index (χ3n) is 7.83. The van der Waals surface area contributed by atoms with Crippen molar-refractivity contribution in [2.75, 3.05) is 28.2 Å². The number of likely N-dealkylation sites (N-methyl/N-ethyl adjacent to an activating group) is 1. The zero-order valence-corrected chi connectivity index (χ0v) is 31.1. The summed E-state index contributed by atoms with van der Waals surface area (Å²) < 4.78 is 76.1. The van der Waals surface area contributed by atoms with Gasteiger partial charge >= 0.3 is 18.3 Å². The van der Waals surface area contributed by atoms with Crippen molar-refractivity contribution in [2.45, 2.75) is 38.3 Å². The van der Waals surface area contributed by atoms with Crippen LogP contribution in [0.25, 0.3) is 22.8 Å². The number of halogens is 6. The summed E-state index contributed by atoms with van der Waals surface area (Å²) in [6.07, 6.45) is -7.94. The van der Waals surface area contributed by atoms with Crippen molar-refractivity contribution in [3.05, 3.63) is 130 Å². The van der Waals surface area contributed by atoms with Crippen LogP contribution in [-0.2, 0) is 47.9 Å². The second kappa shape index (κ2) is 19.4. The van der Waals surface area contributed by atoms with Gasteiger partial charge in [-0.2, -0.15) is 35.9 Å². The molecule has 0 fully saturated rings. The zero-order chi connectivity index (χ0) is 41.8. The van der Waals surface area contributed by atoms with Crippen LogP contribution in [0.15, 0.2) is 97.1 Å². The van der Waals surface area contributed by atoms with E-state index in [4.69, 9.17) is 5.11 Å². The summed E-state index contributed by atoms with van der Waals surface area (Å²) >= 11 is 0. The molecule has 0 aliphatic heterocycles. The number of amides is 1. The van der Waals surface area contributed by atoms with Gasteiger partial charge < -0.3 is 15.3 Å². The van der Waals surface area contributed by atoms with Crippen molar-refractivity contribution in [3.8, 4) is 22.8 Å². The molecule has 300 valence electrons. The predicted octanol–water partition coefficient (Wildman–Crippen LogP) is 5.91. The Kier molecular flexibility index (Phi) is 14.7. The van der Waals surface area contributed by atoms with Crippen LogP contribution in [0.2, 0.25) is 0 Å². The smallest absolute Gasteiger partial charge is 0.416 e. The lowest BCUT2D eigenvalue weighted by Gasteiger charge is -2.09. The maximum Gasteiger partial charge on any atom is 0.416 e. The molecule has 0 saturated heterocycles. The van der Waals surface area contributed by atoms with Gasteiger partial charge in [0.2, 0.25) is 17.6 Å². The van der Waals surface area contributed by atoms with Crippen LogP contribution in [0.1, 0.15) is 33.4 Å². The first kappa shape index (κ1) is 43.2. The lowest BCUT2D eigenvalue weighted by molar-refractivity contribution is -0.139. The molecule has 57 heavy (non-hydrogen) atoms. The van der Waals surface area contributed by atoms with Gasteiger partial charge in [0.15, 0.2) is 6.54 Å². The molecule has 0 aliphatic carbocycles. The van der Waals surface area contributed by atoms with Crippen molar-refractivity contribution in [3.63, 3.8) is 0 Å². The molecule has 2 N–H and O–H groups in total. The maximum atomic E-state index is 12.7. The van der Waals surface area contributed by atoms with Crippen LogP contribution >= 0.6 is 0 Å².